The molecule has 0 spiro atoms. The summed E-state index contributed by atoms with van der Waals surface area (Å²) in [5.41, 5.74) is 1.73. The molecular formula is C19H18FNO5. The Bertz CT molecular complexity index is 897. The Balaban J connectivity index is 2.13. The van der Waals surface area contributed by atoms with E-state index in [1.807, 2.05) is 0 Å². The second kappa shape index (κ2) is 7.35. The van der Waals surface area contributed by atoms with E-state index >= 15 is 0 Å². The molecule has 0 radical (unpaired) electrons. The van der Waals surface area contributed by atoms with Crippen LogP contribution in [0, 0.1) is 5.82 Å². The zero-order valence-electron chi connectivity index (χ0n) is 14.8. The average Bonchev–Trinajstić information content (AvgIpc) is 3.16. The number of benzene rings is 2. The minimum absolute atomic E-state index is 0.155. The Morgan fingerprint density at radius 3 is 2.00 bits per heavy atom. The summed E-state index contributed by atoms with van der Waals surface area (Å²) in [5.74, 6) is 1.52. The number of nitrogens with zero attached hydrogens (tertiary/aromatic N) is 1. The van der Waals surface area contributed by atoms with E-state index in [-0.39, 0.29) is 5.75 Å². The van der Waals surface area contributed by atoms with Crippen LogP contribution >= 0.6 is 0 Å². The molecule has 0 N–H and O–H groups in total. The maximum absolute atomic E-state index is 14.1. The van der Waals surface area contributed by atoms with Gasteiger partial charge in [-0.2, -0.15) is 0 Å². The third kappa shape index (κ3) is 3.03. The van der Waals surface area contributed by atoms with Gasteiger partial charge in [-0.15, -0.1) is 0 Å². The smallest absolute Gasteiger partial charge is 0.203 e. The first-order valence-corrected chi connectivity index (χ1v) is 7.70. The van der Waals surface area contributed by atoms with Gasteiger partial charge in [0.15, 0.2) is 35.2 Å². The molecule has 26 heavy (non-hydrogen) atoms. The highest BCUT2D eigenvalue weighted by Gasteiger charge is 2.20. The fourth-order valence-corrected chi connectivity index (χ4v) is 2.68. The van der Waals surface area contributed by atoms with Crippen LogP contribution in [0.2, 0.25) is 0 Å². The summed E-state index contributed by atoms with van der Waals surface area (Å²) in [6, 6.07) is 8.07. The van der Waals surface area contributed by atoms with Crippen LogP contribution in [0.4, 0.5) is 4.39 Å². The lowest BCUT2D eigenvalue weighted by atomic mass is 10.0. The molecule has 0 aliphatic carbocycles. The Morgan fingerprint density at radius 2 is 1.46 bits per heavy atom. The molecule has 136 valence electrons. The van der Waals surface area contributed by atoms with Gasteiger partial charge in [-0.25, -0.2) is 9.37 Å². The van der Waals surface area contributed by atoms with Crippen LogP contribution in [0.25, 0.3) is 22.6 Å². The number of hydrogen-bond donors (Lipinski definition) is 0. The van der Waals surface area contributed by atoms with Crippen LogP contribution in [-0.4, -0.2) is 33.4 Å². The van der Waals surface area contributed by atoms with E-state index in [0.29, 0.717) is 39.8 Å². The van der Waals surface area contributed by atoms with Gasteiger partial charge in [-0.3, -0.25) is 0 Å². The van der Waals surface area contributed by atoms with Crippen molar-refractivity contribution in [1.29, 1.82) is 0 Å². The van der Waals surface area contributed by atoms with Crippen molar-refractivity contribution < 1.29 is 27.8 Å². The van der Waals surface area contributed by atoms with Gasteiger partial charge in [0.05, 0.1) is 28.4 Å². The second-order valence-corrected chi connectivity index (χ2v) is 5.29. The van der Waals surface area contributed by atoms with E-state index in [4.69, 9.17) is 23.4 Å². The largest absolute Gasteiger partial charge is 0.494 e. The molecule has 0 atom stereocenters. The number of aromatic nitrogens is 1. The molecule has 0 saturated heterocycles. The summed E-state index contributed by atoms with van der Waals surface area (Å²) >= 11 is 0. The molecule has 3 aromatic rings. The number of hydrogen-bond acceptors (Lipinski definition) is 6. The molecule has 7 heteroatoms. The Kier molecular flexibility index (Phi) is 4.97. The zero-order valence-corrected chi connectivity index (χ0v) is 14.8. The predicted molar refractivity (Wildman–Crippen MR) is 93.5 cm³/mol. The fourth-order valence-electron chi connectivity index (χ4n) is 2.68. The van der Waals surface area contributed by atoms with Gasteiger partial charge in [-0.05, 0) is 30.3 Å². The monoisotopic (exact) mass is 359 g/mol. The van der Waals surface area contributed by atoms with Crippen LogP contribution in [0.1, 0.15) is 0 Å². The summed E-state index contributed by atoms with van der Waals surface area (Å²) < 4.78 is 40.6. The minimum Gasteiger partial charge on any atom is -0.494 e. The molecule has 0 unspecified atom stereocenters. The summed E-state index contributed by atoms with van der Waals surface area (Å²) in [7, 11) is 6.00. The highest BCUT2D eigenvalue weighted by molar-refractivity contribution is 5.79. The Morgan fingerprint density at radius 1 is 0.808 bits per heavy atom. The molecule has 0 saturated carbocycles. The van der Waals surface area contributed by atoms with Crippen LogP contribution in [0.15, 0.2) is 41.1 Å². The third-order valence-electron chi connectivity index (χ3n) is 3.92. The molecule has 2 aromatic carbocycles. The summed E-state index contributed by atoms with van der Waals surface area (Å²) in [4.78, 5) is 4.27. The van der Waals surface area contributed by atoms with E-state index in [0.717, 1.165) is 0 Å². The lowest BCUT2D eigenvalue weighted by Gasteiger charge is -2.13. The number of rotatable bonds is 6. The number of oxazole rings is 1. The molecular weight excluding hydrogens is 341 g/mol. The second-order valence-electron chi connectivity index (χ2n) is 5.29. The van der Waals surface area contributed by atoms with E-state index in [2.05, 4.69) is 4.98 Å². The Labute approximate surface area is 150 Å². The first-order valence-electron chi connectivity index (χ1n) is 7.70. The molecule has 6 nitrogen and oxygen atoms in total. The van der Waals surface area contributed by atoms with Gasteiger partial charge in [0, 0.05) is 11.1 Å². The normalized spacial score (nSPS) is 10.5. The molecule has 1 heterocycles. The van der Waals surface area contributed by atoms with Crippen molar-refractivity contribution in [3.8, 4) is 45.6 Å². The van der Waals surface area contributed by atoms with Crippen molar-refractivity contribution >= 4 is 0 Å². The average molecular weight is 359 g/mol. The van der Waals surface area contributed by atoms with Crippen molar-refractivity contribution in [2.45, 2.75) is 0 Å². The molecule has 1 aromatic heterocycles. The van der Waals surface area contributed by atoms with E-state index in [9.17, 15) is 4.39 Å². The highest BCUT2D eigenvalue weighted by Crippen LogP contribution is 2.43. The van der Waals surface area contributed by atoms with Crippen molar-refractivity contribution in [2.75, 3.05) is 28.4 Å². The summed E-state index contributed by atoms with van der Waals surface area (Å²) in [5, 5.41) is 0. The molecule has 0 aliphatic rings. The quantitative estimate of drug-likeness (QED) is 0.658. The SMILES string of the molecule is COc1ccc(-c2ocnc2-c2cc(OC)c(OC)c(OC)c2)cc1F. The highest BCUT2D eigenvalue weighted by atomic mass is 19.1. The van der Waals surface area contributed by atoms with Gasteiger partial charge in [-0.1, -0.05) is 0 Å². The maximum Gasteiger partial charge on any atom is 0.203 e. The van der Waals surface area contributed by atoms with E-state index in [1.165, 1.54) is 47.0 Å². The van der Waals surface area contributed by atoms with Crippen LogP contribution < -0.4 is 18.9 Å². The molecule has 3 rings (SSSR count). The zero-order chi connectivity index (χ0) is 18.7. The lowest BCUT2D eigenvalue weighted by molar-refractivity contribution is 0.324. The third-order valence-corrected chi connectivity index (χ3v) is 3.92. The van der Waals surface area contributed by atoms with Crippen molar-refractivity contribution in [3.63, 3.8) is 0 Å². The standard InChI is InChI=1S/C19H18FNO5/c1-22-14-6-5-11(7-13(14)20)18-17(21-10-26-18)12-8-15(23-2)19(25-4)16(9-12)24-3/h5-10H,1-4H3. The maximum atomic E-state index is 14.1. The number of methoxy groups -OCH3 is 4. The Hall–Kier alpha value is -3.22. The summed E-state index contributed by atoms with van der Waals surface area (Å²) in [6.45, 7) is 0. The number of halogens is 1. The van der Waals surface area contributed by atoms with Gasteiger partial charge >= 0.3 is 0 Å². The minimum atomic E-state index is -0.489. The first-order chi connectivity index (χ1) is 12.6. The lowest BCUT2D eigenvalue weighted by Crippen LogP contribution is -1.96. The molecule has 0 fully saturated rings. The van der Waals surface area contributed by atoms with Gasteiger partial charge in [0.1, 0.15) is 5.69 Å². The van der Waals surface area contributed by atoms with Crippen LogP contribution in [0.3, 0.4) is 0 Å². The van der Waals surface area contributed by atoms with Crippen molar-refractivity contribution in [1.82, 2.24) is 4.98 Å². The van der Waals surface area contributed by atoms with Crippen molar-refractivity contribution in [2.24, 2.45) is 0 Å². The predicted octanol–water partition coefficient (Wildman–Crippen LogP) is 4.18. The molecule has 0 aliphatic heterocycles. The van der Waals surface area contributed by atoms with E-state index in [1.54, 1.807) is 18.2 Å². The fraction of sp³-hybridized carbons (Fsp3) is 0.211. The summed E-state index contributed by atoms with van der Waals surface area (Å²) in [6.07, 6.45) is 1.30. The van der Waals surface area contributed by atoms with Gasteiger partial charge in [0.25, 0.3) is 0 Å². The first kappa shape index (κ1) is 17.6. The van der Waals surface area contributed by atoms with Crippen LogP contribution in [0.5, 0.6) is 23.0 Å². The van der Waals surface area contributed by atoms with Crippen LogP contribution in [-0.2, 0) is 0 Å². The topological polar surface area (TPSA) is 63.0 Å². The van der Waals surface area contributed by atoms with E-state index < -0.39 is 5.82 Å². The van der Waals surface area contributed by atoms with Gasteiger partial charge in [0.2, 0.25) is 5.75 Å². The number of ether oxygens (including phenoxy) is 4. The molecule has 0 bridgehead atoms. The van der Waals surface area contributed by atoms with Crippen molar-refractivity contribution in [3.05, 3.63) is 42.5 Å². The van der Waals surface area contributed by atoms with Gasteiger partial charge < -0.3 is 23.4 Å². The molecule has 0 amide bonds.